The summed E-state index contributed by atoms with van der Waals surface area (Å²) in [6.07, 6.45) is -19.3. The van der Waals surface area contributed by atoms with Crippen molar-refractivity contribution in [2.45, 2.75) is 68.3 Å². The largest absolute Gasteiger partial charge is 0.449 e. The lowest BCUT2D eigenvalue weighted by molar-refractivity contribution is -0.338. The average molecular weight is 557 g/mol. The van der Waals surface area contributed by atoms with Gasteiger partial charge in [-0.1, -0.05) is 0 Å². The zero-order valence-corrected chi connectivity index (χ0v) is 19.1. The first-order valence-corrected chi connectivity index (χ1v) is 12.1. The van der Waals surface area contributed by atoms with Gasteiger partial charge in [0.2, 0.25) is 5.91 Å². The fraction of sp³-hybridized carbons (Fsp3) is 0.857. The molecule has 10 atom stereocenters. The second kappa shape index (κ2) is 11.2. The number of aliphatic hydroxyl groups excluding tert-OH is 5. The number of carbonyl (C=O) groups is 2. The monoisotopic (exact) mass is 557 g/mol. The Morgan fingerprint density at radius 3 is 2.00 bits per heavy atom. The number of hydrogen-bond acceptors (Lipinski definition) is 16. The zero-order chi connectivity index (χ0) is 26.9. The van der Waals surface area contributed by atoms with Gasteiger partial charge in [-0.3, -0.25) is 13.9 Å². The van der Waals surface area contributed by atoms with Crippen LogP contribution in [-0.2, 0) is 53.0 Å². The minimum Gasteiger partial charge on any atom is -0.394 e. The highest BCUT2D eigenvalue weighted by Gasteiger charge is 2.54. The lowest BCUT2D eigenvalue weighted by atomic mass is 9.95. The molecule has 204 valence electrons. The van der Waals surface area contributed by atoms with E-state index >= 15 is 0 Å². The molecule has 2 fully saturated rings. The quantitative estimate of drug-likeness (QED) is 0.129. The molecule has 1 amide bonds. The third-order valence-corrected chi connectivity index (χ3v) is 5.57. The molecule has 2 heterocycles. The van der Waals surface area contributed by atoms with E-state index in [1.54, 1.807) is 0 Å². The standard InChI is InChI=1S/C14H23NO18S2/c1-3(17)15-5-6(18)9(4(2-16)29-12(5)21)30-14-8(20)7(19)10(32-34(23,24)25)11(31-14)13(22)33-35(26,27)28/h4-12,14,16,18-21H,2H2,1H3,(H,15,17)(H,23,24,25)(H,26,27,28)/t4-,5-,6-,7-,8-,9+,10+,11-,12+,14-/m1/s1. The van der Waals surface area contributed by atoms with Gasteiger partial charge in [-0.2, -0.15) is 16.8 Å². The minimum atomic E-state index is -5.51. The van der Waals surface area contributed by atoms with Gasteiger partial charge in [-0.15, -0.1) is 0 Å². The van der Waals surface area contributed by atoms with Crippen LogP contribution < -0.4 is 5.32 Å². The Balaban J connectivity index is 2.36. The van der Waals surface area contributed by atoms with E-state index in [1.165, 1.54) is 0 Å². The number of hydrogen-bond donors (Lipinski definition) is 8. The molecule has 0 spiro atoms. The fourth-order valence-electron chi connectivity index (χ4n) is 3.33. The Morgan fingerprint density at radius 2 is 1.51 bits per heavy atom. The highest BCUT2D eigenvalue weighted by molar-refractivity contribution is 7.81. The van der Waals surface area contributed by atoms with Crippen molar-refractivity contribution in [2.24, 2.45) is 0 Å². The van der Waals surface area contributed by atoms with Crippen LogP contribution in [0.15, 0.2) is 0 Å². The van der Waals surface area contributed by atoms with Crippen LogP contribution in [0.1, 0.15) is 6.92 Å². The number of aliphatic hydroxyl groups is 5. The molecule has 2 rings (SSSR count). The summed E-state index contributed by atoms with van der Waals surface area (Å²) in [4.78, 5) is 23.5. The summed E-state index contributed by atoms with van der Waals surface area (Å²) in [7, 11) is -11.0. The molecule has 21 heteroatoms. The highest BCUT2D eigenvalue weighted by Crippen LogP contribution is 2.31. The van der Waals surface area contributed by atoms with Crippen molar-refractivity contribution in [3.05, 3.63) is 0 Å². The molecule has 0 aliphatic carbocycles. The lowest BCUT2D eigenvalue weighted by Crippen LogP contribution is -2.67. The molecule has 0 aromatic rings. The Labute approximate surface area is 197 Å². The summed E-state index contributed by atoms with van der Waals surface area (Å²) < 4.78 is 84.4. The molecule has 2 saturated heterocycles. The van der Waals surface area contributed by atoms with Gasteiger partial charge in [0.1, 0.15) is 42.7 Å². The number of carbonyl (C=O) groups excluding carboxylic acids is 2. The molecule has 35 heavy (non-hydrogen) atoms. The van der Waals surface area contributed by atoms with Crippen LogP contribution in [0.2, 0.25) is 0 Å². The Hall–Kier alpha value is -1.60. The zero-order valence-electron chi connectivity index (χ0n) is 17.4. The topological polar surface area (TPSA) is 302 Å². The molecule has 2 aliphatic rings. The minimum absolute atomic E-state index is 0.736. The van der Waals surface area contributed by atoms with Crippen molar-refractivity contribution in [1.82, 2.24) is 5.32 Å². The van der Waals surface area contributed by atoms with Crippen molar-refractivity contribution in [2.75, 3.05) is 6.61 Å². The number of nitrogens with one attached hydrogen (secondary N) is 1. The maximum absolute atomic E-state index is 12.1. The summed E-state index contributed by atoms with van der Waals surface area (Å²) in [5.74, 6) is -2.83. The average Bonchev–Trinajstić information content (AvgIpc) is 2.69. The second-order valence-corrected chi connectivity index (χ2v) is 9.36. The van der Waals surface area contributed by atoms with Crippen molar-refractivity contribution in [3.63, 3.8) is 0 Å². The van der Waals surface area contributed by atoms with Gasteiger partial charge in [-0.05, 0) is 0 Å². The van der Waals surface area contributed by atoms with E-state index < -0.39 is 101 Å². The van der Waals surface area contributed by atoms with E-state index in [1.807, 2.05) is 0 Å². The molecule has 0 saturated carbocycles. The van der Waals surface area contributed by atoms with Gasteiger partial charge >= 0.3 is 26.8 Å². The van der Waals surface area contributed by atoms with Crippen molar-refractivity contribution < 1.29 is 83.6 Å². The first-order valence-electron chi connectivity index (χ1n) is 9.38. The van der Waals surface area contributed by atoms with Gasteiger partial charge in [0.25, 0.3) is 0 Å². The molecule has 19 nitrogen and oxygen atoms in total. The van der Waals surface area contributed by atoms with E-state index in [4.69, 9.17) is 23.3 Å². The molecular formula is C14H23NO18S2. The molecule has 0 aromatic carbocycles. The smallest absolute Gasteiger partial charge is 0.394 e. The van der Waals surface area contributed by atoms with Crippen LogP contribution in [0.25, 0.3) is 0 Å². The highest BCUT2D eigenvalue weighted by atomic mass is 32.3. The van der Waals surface area contributed by atoms with Crippen molar-refractivity contribution in [3.8, 4) is 0 Å². The maximum Gasteiger partial charge on any atom is 0.449 e. The van der Waals surface area contributed by atoms with Gasteiger partial charge in [0.05, 0.1) is 6.61 Å². The van der Waals surface area contributed by atoms with Gasteiger partial charge in [0, 0.05) is 6.92 Å². The van der Waals surface area contributed by atoms with E-state index in [0.717, 1.165) is 6.92 Å². The van der Waals surface area contributed by atoms with E-state index in [9.17, 15) is 52.0 Å². The number of rotatable bonds is 8. The normalized spacial score (nSPS) is 38.5. The molecule has 8 N–H and O–H groups in total. The molecule has 0 unspecified atom stereocenters. The summed E-state index contributed by atoms with van der Waals surface area (Å²) in [5, 5.41) is 52.7. The van der Waals surface area contributed by atoms with Gasteiger partial charge in [-0.25, -0.2) is 8.98 Å². The Morgan fingerprint density at radius 1 is 0.914 bits per heavy atom. The molecule has 2 aliphatic heterocycles. The third-order valence-electron chi connectivity index (χ3n) is 4.73. The molecule has 0 aromatic heterocycles. The first kappa shape index (κ1) is 29.6. The van der Waals surface area contributed by atoms with Crippen LogP contribution in [-0.4, -0.2) is 131 Å². The Kier molecular flexibility index (Phi) is 9.48. The van der Waals surface area contributed by atoms with Crippen LogP contribution >= 0.6 is 0 Å². The fourth-order valence-corrected chi connectivity index (χ4v) is 4.13. The summed E-state index contributed by atoms with van der Waals surface area (Å²) in [6, 6.07) is -1.55. The van der Waals surface area contributed by atoms with Crippen LogP contribution in [0.4, 0.5) is 0 Å². The summed E-state index contributed by atoms with van der Waals surface area (Å²) in [5.41, 5.74) is 0. The van der Waals surface area contributed by atoms with E-state index in [0.29, 0.717) is 0 Å². The van der Waals surface area contributed by atoms with E-state index in [2.05, 4.69) is 13.7 Å². The third kappa shape index (κ3) is 7.69. The van der Waals surface area contributed by atoms with Crippen molar-refractivity contribution >= 4 is 32.7 Å². The predicted octanol–water partition coefficient (Wildman–Crippen LogP) is -6.07. The molecular weight excluding hydrogens is 534 g/mol. The molecule has 0 bridgehead atoms. The van der Waals surface area contributed by atoms with Gasteiger partial charge in [0.15, 0.2) is 18.7 Å². The molecule has 0 radical (unpaired) electrons. The number of amides is 1. The predicted molar refractivity (Wildman–Crippen MR) is 101 cm³/mol. The van der Waals surface area contributed by atoms with Crippen LogP contribution in [0.5, 0.6) is 0 Å². The number of ether oxygens (including phenoxy) is 3. The SMILES string of the molecule is CC(=O)N[C@@H]1[C@@H](O)[C@@H](O[C@@H]2O[C@@H](C(=O)OS(=O)(=O)O)[C@@H](OS(=O)(=O)O)[C@H](O)[C@H]2O)[C@@H](CO)O[C@@H]1O. The first-order chi connectivity index (χ1) is 15.9. The lowest BCUT2D eigenvalue weighted by Gasteiger charge is -2.46. The summed E-state index contributed by atoms with van der Waals surface area (Å²) >= 11 is 0. The Bertz CT molecular complexity index is 985. The second-order valence-electron chi connectivity index (χ2n) is 7.29. The van der Waals surface area contributed by atoms with E-state index in [-0.39, 0.29) is 0 Å². The van der Waals surface area contributed by atoms with Gasteiger partial charge < -0.3 is 49.2 Å². The van der Waals surface area contributed by atoms with Crippen LogP contribution in [0.3, 0.4) is 0 Å². The summed E-state index contributed by atoms with van der Waals surface area (Å²) in [6.45, 7) is 0.0955. The van der Waals surface area contributed by atoms with Crippen LogP contribution in [0, 0.1) is 0 Å². The van der Waals surface area contributed by atoms with Crippen molar-refractivity contribution in [1.29, 1.82) is 0 Å². The maximum atomic E-state index is 12.1.